The Hall–Kier alpha value is -1.20. The van der Waals surface area contributed by atoms with Crippen LogP contribution >= 0.6 is 15.9 Å². The quantitative estimate of drug-likeness (QED) is 0.449. The summed E-state index contributed by atoms with van der Waals surface area (Å²) in [5.74, 6) is 1.10. The van der Waals surface area contributed by atoms with Crippen LogP contribution in [0.4, 0.5) is 0 Å². The minimum Gasteiger partial charge on any atom is -0.368 e. The van der Waals surface area contributed by atoms with Crippen molar-refractivity contribution in [2.24, 2.45) is 15.7 Å². The normalized spacial score (nSPS) is 13.8. The van der Waals surface area contributed by atoms with Crippen LogP contribution in [-0.2, 0) is 0 Å². The second-order valence-corrected chi connectivity index (χ2v) is 4.25. The van der Waals surface area contributed by atoms with Gasteiger partial charge in [-0.25, -0.2) is 0 Å². The van der Waals surface area contributed by atoms with Gasteiger partial charge in [-0.3, -0.25) is 10.3 Å². The first-order valence-corrected chi connectivity index (χ1v) is 6.26. The molecular formula is C12H20BrN4+. The Morgan fingerprint density at radius 2 is 2.06 bits per heavy atom. The molecule has 0 unspecified atom stereocenters. The number of hydrogen-bond donors (Lipinski definition) is 2. The number of nitrogens with two attached hydrogens (primary N) is 2. The van der Waals surface area contributed by atoms with E-state index in [-0.39, 0.29) is 0 Å². The molecule has 0 spiro atoms. The lowest BCUT2D eigenvalue weighted by molar-refractivity contribution is -0.504. The first-order chi connectivity index (χ1) is 8.10. The van der Waals surface area contributed by atoms with E-state index in [1.54, 1.807) is 0 Å². The van der Waals surface area contributed by atoms with Crippen molar-refractivity contribution < 1.29 is 5.32 Å². The predicted molar refractivity (Wildman–Crippen MR) is 78.4 cm³/mol. The lowest BCUT2D eigenvalue weighted by Crippen LogP contribution is -2.83. The summed E-state index contributed by atoms with van der Waals surface area (Å²) in [5.41, 5.74) is 5.66. The molecule has 0 fully saturated rings. The standard InChI is InChI=1S/C12H19BrN4/c1-4-9-16-12(14)17-11(15-3)8-6-5-7-10(2)13/h5-8H,2,4,9H2,1,3H3,(H3,14,15,16,17)/p+1. The van der Waals surface area contributed by atoms with Crippen molar-refractivity contribution in [1.82, 2.24) is 0 Å². The molecule has 0 heterocycles. The summed E-state index contributed by atoms with van der Waals surface area (Å²) in [4.78, 5) is 8.28. The maximum atomic E-state index is 5.66. The third-order valence-electron chi connectivity index (χ3n) is 1.69. The molecule has 5 heteroatoms. The molecule has 0 radical (unpaired) electrons. The molecule has 0 aliphatic carbocycles. The van der Waals surface area contributed by atoms with Gasteiger partial charge in [0.25, 0.3) is 0 Å². The molecule has 0 saturated heterocycles. The molecule has 94 valence electrons. The van der Waals surface area contributed by atoms with Crippen LogP contribution in [0.2, 0.25) is 0 Å². The first kappa shape index (κ1) is 15.8. The Morgan fingerprint density at radius 1 is 1.41 bits per heavy atom. The Labute approximate surface area is 111 Å². The van der Waals surface area contributed by atoms with Gasteiger partial charge < -0.3 is 5.73 Å². The van der Waals surface area contributed by atoms with Crippen LogP contribution in [0.5, 0.6) is 0 Å². The van der Waals surface area contributed by atoms with Gasteiger partial charge in [0.15, 0.2) is 0 Å². The van der Waals surface area contributed by atoms with Gasteiger partial charge in [-0.1, -0.05) is 41.6 Å². The van der Waals surface area contributed by atoms with E-state index in [0.29, 0.717) is 12.5 Å². The molecule has 0 aromatic heterocycles. The molecule has 0 aromatic rings. The van der Waals surface area contributed by atoms with Crippen molar-refractivity contribution in [1.29, 1.82) is 0 Å². The fraction of sp³-hybridized carbons (Fsp3) is 0.333. The summed E-state index contributed by atoms with van der Waals surface area (Å²) in [7, 11) is 1.91. The molecule has 0 aliphatic rings. The summed E-state index contributed by atoms with van der Waals surface area (Å²) >= 11 is 3.24. The van der Waals surface area contributed by atoms with E-state index in [9.17, 15) is 0 Å². The number of nitrogens with zero attached hydrogens (tertiary/aromatic N) is 2. The Bertz CT molecular complexity index is 354. The summed E-state index contributed by atoms with van der Waals surface area (Å²) in [6.07, 6.45) is 8.42. The second kappa shape index (κ2) is 9.99. The highest BCUT2D eigenvalue weighted by molar-refractivity contribution is 9.11. The first-order valence-electron chi connectivity index (χ1n) is 5.47. The number of hydrogen-bond acceptors (Lipinski definition) is 1. The largest absolute Gasteiger partial charge is 0.368 e. The number of rotatable bonds is 5. The zero-order chi connectivity index (χ0) is 13.1. The zero-order valence-corrected chi connectivity index (χ0v) is 11.9. The minimum absolute atomic E-state index is 0.318. The Morgan fingerprint density at radius 3 is 2.59 bits per heavy atom. The maximum Gasteiger partial charge on any atom is 0.227 e. The van der Waals surface area contributed by atoms with Gasteiger partial charge in [-0.2, -0.15) is 4.99 Å². The average Bonchev–Trinajstić information content (AvgIpc) is 2.30. The van der Waals surface area contributed by atoms with Crippen LogP contribution in [-0.4, -0.2) is 25.4 Å². The lowest BCUT2D eigenvalue weighted by Gasteiger charge is -1.94. The van der Waals surface area contributed by atoms with Crippen molar-refractivity contribution in [3.63, 3.8) is 0 Å². The van der Waals surface area contributed by atoms with Crippen LogP contribution < -0.4 is 11.1 Å². The smallest absolute Gasteiger partial charge is 0.227 e. The monoisotopic (exact) mass is 299 g/mol. The van der Waals surface area contributed by atoms with Crippen LogP contribution in [0, 0.1) is 0 Å². The molecule has 0 aliphatic heterocycles. The number of guanidine groups is 1. The second-order valence-electron chi connectivity index (χ2n) is 3.23. The van der Waals surface area contributed by atoms with E-state index in [2.05, 4.69) is 32.5 Å². The molecular weight excluding hydrogens is 280 g/mol. The van der Waals surface area contributed by atoms with E-state index >= 15 is 0 Å². The molecule has 17 heavy (non-hydrogen) atoms. The van der Waals surface area contributed by atoms with Gasteiger partial charge in [0.1, 0.15) is 0 Å². The predicted octanol–water partition coefficient (Wildman–Crippen LogP) is 1.32. The highest BCUT2D eigenvalue weighted by Crippen LogP contribution is 2.00. The van der Waals surface area contributed by atoms with Crippen LogP contribution in [0.1, 0.15) is 13.3 Å². The van der Waals surface area contributed by atoms with Gasteiger partial charge in [0.05, 0.1) is 7.05 Å². The maximum absolute atomic E-state index is 5.66. The fourth-order valence-corrected chi connectivity index (χ4v) is 1.06. The van der Waals surface area contributed by atoms with Crippen molar-refractivity contribution >= 4 is 27.7 Å². The number of halogens is 1. The SMILES string of the molecule is C=C(Br)C=CC=CC(=NC(N)=NCCC)[NH2+]C. The number of quaternary nitrogens is 1. The molecule has 0 rings (SSSR count). The zero-order valence-electron chi connectivity index (χ0n) is 10.4. The highest BCUT2D eigenvalue weighted by Gasteiger charge is 1.95. The highest BCUT2D eigenvalue weighted by atomic mass is 79.9. The van der Waals surface area contributed by atoms with Crippen LogP contribution in [0.25, 0.3) is 0 Å². The van der Waals surface area contributed by atoms with E-state index in [1.165, 1.54) is 0 Å². The molecule has 0 bridgehead atoms. The number of amidine groups is 1. The Balaban J connectivity index is 4.51. The van der Waals surface area contributed by atoms with E-state index < -0.39 is 0 Å². The third-order valence-corrected chi connectivity index (χ3v) is 1.96. The van der Waals surface area contributed by atoms with E-state index in [4.69, 9.17) is 5.73 Å². The van der Waals surface area contributed by atoms with E-state index in [0.717, 1.165) is 16.7 Å². The fourth-order valence-electron chi connectivity index (χ4n) is 0.906. The number of likely N-dealkylation sites (N-methyl/N-ethyl adjacent to an activating group) is 1. The van der Waals surface area contributed by atoms with Crippen molar-refractivity contribution in [3.8, 4) is 0 Å². The number of aliphatic imine (C=N–C) groups is 2. The molecule has 0 atom stereocenters. The van der Waals surface area contributed by atoms with Crippen LogP contribution in [0.3, 0.4) is 0 Å². The third kappa shape index (κ3) is 9.71. The summed E-state index contributed by atoms with van der Waals surface area (Å²) in [6, 6.07) is 0. The average molecular weight is 300 g/mol. The Kier molecular flexibility index (Phi) is 9.28. The molecule has 0 saturated carbocycles. The lowest BCUT2D eigenvalue weighted by atomic mass is 10.4. The van der Waals surface area contributed by atoms with Crippen molar-refractivity contribution in [2.45, 2.75) is 13.3 Å². The minimum atomic E-state index is 0.318. The summed E-state index contributed by atoms with van der Waals surface area (Å²) < 4.78 is 0.824. The molecule has 0 aromatic carbocycles. The number of allylic oxidation sites excluding steroid dienone is 4. The van der Waals surface area contributed by atoms with Gasteiger partial charge >= 0.3 is 0 Å². The van der Waals surface area contributed by atoms with Crippen LogP contribution in [0.15, 0.2) is 45.4 Å². The van der Waals surface area contributed by atoms with Gasteiger partial charge in [-0.15, -0.1) is 0 Å². The van der Waals surface area contributed by atoms with Gasteiger partial charge in [0, 0.05) is 17.1 Å². The van der Waals surface area contributed by atoms with Crippen molar-refractivity contribution in [3.05, 3.63) is 35.4 Å². The molecule has 4 nitrogen and oxygen atoms in total. The van der Waals surface area contributed by atoms with Crippen molar-refractivity contribution in [2.75, 3.05) is 13.6 Å². The molecule has 0 amide bonds. The molecule has 4 N–H and O–H groups in total. The summed E-state index contributed by atoms with van der Waals surface area (Å²) in [6.45, 7) is 6.45. The topological polar surface area (TPSA) is 67.3 Å². The van der Waals surface area contributed by atoms with Gasteiger partial charge in [-0.05, 0) is 12.5 Å². The summed E-state index contributed by atoms with van der Waals surface area (Å²) in [5, 5.41) is 1.88. The van der Waals surface area contributed by atoms with Gasteiger partial charge in [0.2, 0.25) is 11.8 Å². The van der Waals surface area contributed by atoms with E-state index in [1.807, 2.05) is 43.6 Å².